The molecule has 0 aliphatic rings. The molecule has 1 aromatic heterocycles. The number of aliphatic hydroxyl groups excluding tert-OH is 1. The summed E-state index contributed by atoms with van der Waals surface area (Å²) >= 11 is 4.94. The van der Waals surface area contributed by atoms with Gasteiger partial charge in [0.05, 0.1) is 21.1 Å². The Labute approximate surface area is 109 Å². The maximum absolute atomic E-state index is 9.56. The van der Waals surface area contributed by atoms with E-state index in [1.807, 2.05) is 41.2 Å². The van der Waals surface area contributed by atoms with E-state index in [1.165, 1.54) is 0 Å². The summed E-state index contributed by atoms with van der Waals surface area (Å²) in [6.07, 6.45) is 2.51. The SMILES string of the molecule is C=C(O)C(Cc1c[nH]c(=S)[nH]1)[N+](C)(C)C.CC. The number of aromatic amines is 2. The second kappa shape index (κ2) is 6.61. The van der Waals surface area contributed by atoms with Crippen molar-refractivity contribution in [1.29, 1.82) is 0 Å². The molecular weight excluding hydrogens is 234 g/mol. The third kappa shape index (κ3) is 5.19. The normalized spacial score (nSPS) is 12.5. The summed E-state index contributed by atoms with van der Waals surface area (Å²) in [5.41, 5.74) is 0.980. The van der Waals surface area contributed by atoms with Crippen molar-refractivity contribution in [1.82, 2.24) is 9.97 Å². The van der Waals surface area contributed by atoms with Gasteiger partial charge in [0.15, 0.2) is 10.8 Å². The first-order valence-corrected chi connectivity index (χ1v) is 6.17. The molecule has 0 saturated heterocycles. The lowest BCUT2D eigenvalue weighted by Gasteiger charge is -2.33. The van der Waals surface area contributed by atoms with E-state index in [1.54, 1.807) is 0 Å². The quantitative estimate of drug-likeness (QED) is 0.442. The predicted octanol–water partition coefficient (Wildman–Crippen LogP) is 2.79. The highest BCUT2D eigenvalue weighted by Gasteiger charge is 2.27. The van der Waals surface area contributed by atoms with Crippen molar-refractivity contribution < 1.29 is 9.59 Å². The third-order valence-corrected chi connectivity index (χ3v) is 2.60. The third-order valence-electron chi connectivity index (χ3n) is 2.38. The Hall–Kier alpha value is -1.07. The Morgan fingerprint density at radius 1 is 1.47 bits per heavy atom. The van der Waals surface area contributed by atoms with E-state index in [9.17, 15) is 5.11 Å². The van der Waals surface area contributed by atoms with Crippen LogP contribution in [0.25, 0.3) is 0 Å². The molecule has 98 valence electrons. The van der Waals surface area contributed by atoms with Crippen LogP contribution < -0.4 is 0 Å². The molecule has 0 radical (unpaired) electrons. The van der Waals surface area contributed by atoms with Gasteiger partial charge in [-0.25, -0.2) is 0 Å². The number of quaternary nitrogens is 1. The molecule has 5 heteroatoms. The summed E-state index contributed by atoms with van der Waals surface area (Å²) in [5, 5.41) is 9.56. The Balaban J connectivity index is 0.00000121. The molecule has 4 nitrogen and oxygen atoms in total. The molecule has 1 rings (SSSR count). The first-order valence-electron chi connectivity index (χ1n) is 5.76. The van der Waals surface area contributed by atoms with Crippen LogP contribution >= 0.6 is 12.2 Å². The van der Waals surface area contributed by atoms with E-state index in [0.29, 0.717) is 15.7 Å². The first kappa shape index (κ1) is 15.9. The summed E-state index contributed by atoms with van der Waals surface area (Å²) in [4.78, 5) is 5.94. The minimum atomic E-state index is -0.0357. The smallest absolute Gasteiger partial charge is 0.174 e. The van der Waals surface area contributed by atoms with Crippen LogP contribution in [0.5, 0.6) is 0 Å². The molecular formula is C12H24N3OS+. The molecule has 1 atom stereocenters. The van der Waals surface area contributed by atoms with Gasteiger partial charge in [0.25, 0.3) is 0 Å². The molecule has 0 amide bonds. The van der Waals surface area contributed by atoms with Crippen LogP contribution in [0.1, 0.15) is 19.5 Å². The topological polar surface area (TPSA) is 51.8 Å². The molecule has 1 unspecified atom stereocenters. The van der Waals surface area contributed by atoms with Gasteiger partial charge < -0.3 is 19.6 Å². The number of aliphatic hydroxyl groups is 1. The Morgan fingerprint density at radius 2 is 2.00 bits per heavy atom. The zero-order valence-electron chi connectivity index (χ0n) is 11.4. The maximum Gasteiger partial charge on any atom is 0.174 e. The second-order valence-electron chi connectivity index (χ2n) is 4.60. The first-order chi connectivity index (χ1) is 7.80. The van der Waals surface area contributed by atoms with E-state index < -0.39 is 0 Å². The molecule has 0 saturated carbocycles. The Kier molecular flexibility index (Phi) is 6.20. The zero-order valence-corrected chi connectivity index (χ0v) is 12.2. The van der Waals surface area contributed by atoms with E-state index in [2.05, 4.69) is 16.5 Å². The van der Waals surface area contributed by atoms with Crippen LogP contribution in [-0.4, -0.2) is 46.7 Å². The Morgan fingerprint density at radius 3 is 2.29 bits per heavy atom. The highest BCUT2D eigenvalue weighted by atomic mass is 32.1. The van der Waals surface area contributed by atoms with Gasteiger partial charge in [-0.3, -0.25) is 0 Å². The Bertz CT molecular complexity index is 400. The van der Waals surface area contributed by atoms with E-state index in [0.717, 1.165) is 5.69 Å². The van der Waals surface area contributed by atoms with Gasteiger partial charge in [0, 0.05) is 18.3 Å². The van der Waals surface area contributed by atoms with Crippen molar-refractivity contribution >= 4 is 12.2 Å². The minimum Gasteiger partial charge on any atom is -0.507 e. The molecule has 0 bridgehead atoms. The number of rotatable bonds is 4. The number of likely N-dealkylation sites (N-methyl/N-ethyl adjacent to an activating group) is 1. The minimum absolute atomic E-state index is 0.0357. The molecule has 0 aliphatic carbocycles. The lowest BCUT2D eigenvalue weighted by Crippen LogP contribution is -2.47. The highest BCUT2D eigenvalue weighted by molar-refractivity contribution is 7.71. The summed E-state index contributed by atoms with van der Waals surface area (Å²) in [6, 6.07) is -0.0357. The number of hydrogen-bond acceptors (Lipinski definition) is 2. The average molecular weight is 258 g/mol. The molecule has 17 heavy (non-hydrogen) atoms. The van der Waals surface area contributed by atoms with E-state index in [-0.39, 0.29) is 11.8 Å². The van der Waals surface area contributed by atoms with Crippen LogP contribution in [0.2, 0.25) is 0 Å². The maximum atomic E-state index is 9.56. The lowest BCUT2D eigenvalue weighted by atomic mass is 10.1. The van der Waals surface area contributed by atoms with Gasteiger partial charge >= 0.3 is 0 Å². The largest absolute Gasteiger partial charge is 0.507 e. The molecule has 0 aromatic carbocycles. The number of imidazole rings is 1. The lowest BCUT2D eigenvalue weighted by molar-refractivity contribution is -0.891. The molecule has 3 N–H and O–H groups in total. The summed E-state index contributed by atoms with van der Waals surface area (Å²) in [7, 11) is 6.06. The van der Waals surface area contributed by atoms with Crippen LogP contribution in [0.4, 0.5) is 0 Å². The van der Waals surface area contributed by atoms with Crippen LogP contribution in [-0.2, 0) is 6.42 Å². The fourth-order valence-corrected chi connectivity index (χ4v) is 1.72. The zero-order chi connectivity index (χ0) is 13.6. The van der Waals surface area contributed by atoms with Crippen molar-refractivity contribution in [3.8, 4) is 0 Å². The molecule has 1 aromatic rings. The molecule has 0 spiro atoms. The number of aromatic nitrogens is 2. The number of hydrogen-bond donors (Lipinski definition) is 3. The van der Waals surface area contributed by atoms with Gasteiger partial charge in [-0.05, 0) is 12.2 Å². The standard InChI is InChI=1S/C10H17N3OS.C2H6/c1-7(14)9(13(2,3)4)5-8-6-11-10(15)12-8;1-2/h6,9H,1,5H2,2-4H3,(H2-,11,12,14,15);1-2H3/p+1. The predicted molar refractivity (Wildman–Crippen MR) is 74.6 cm³/mol. The second-order valence-corrected chi connectivity index (χ2v) is 5.00. The summed E-state index contributed by atoms with van der Waals surface area (Å²) < 4.78 is 1.23. The van der Waals surface area contributed by atoms with Crippen molar-refractivity contribution in [2.75, 3.05) is 21.1 Å². The monoisotopic (exact) mass is 258 g/mol. The van der Waals surface area contributed by atoms with Gasteiger partial charge in [-0.1, -0.05) is 20.4 Å². The van der Waals surface area contributed by atoms with Gasteiger partial charge in [0.1, 0.15) is 5.76 Å². The number of nitrogens with zero attached hydrogens (tertiary/aromatic N) is 1. The fraction of sp³-hybridized carbons (Fsp3) is 0.583. The van der Waals surface area contributed by atoms with Gasteiger partial charge in [0.2, 0.25) is 0 Å². The number of H-pyrrole nitrogens is 2. The van der Waals surface area contributed by atoms with E-state index >= 15 is 0 Å². The van der Waals surface area contributed by atoms with Crippen molar-refractivity contribution in [2.24, 2.45) is 0 Å². The summed E-state index contributed by atoms with van der Waals surface area (Å²) in [6.45, 7) is 7.61. The van der Waals surface area contributed by atoms with Gasteiger partial charge in [-0.2, -0.15) is 0 Å². The summed E-state index contributed by atoms with van der Waals surface area (Å²) in [5.74, 6) is 0.197. The fourth-order valence-electron chi connectivity index (χ4n) is 1.53. The van der Waals surface area contributed by atoms with Crippen LogP contribution in [0, 0.1) is 4.77 Å². The highest BCUT2D eigenvalue weighted by Crippen LogP contribution is 2.14. The van der Waals surface area contributed by atoms with Crippen LogP contribution in [0.15, 0.2) is 18.5 Å². The van der Waals surface area contributed by atoms with E-state index in [4.69, 9.17) is 12.2 Å². The number of nitrogens with one attached hydrogen (secondary N) is 2. The van der Waals surface area contributed by atoms with Crippen molar-refractivity contribution in [3.63, 3.8) is 0 Å². The van der Waals surface area contributed by atoms with Crippen molar-refractivity contribution in [2.45, 2.75) is 26.3 Å². The molecule has 1 heterocycles. The molecule has 0 fully saturated rings. The molecule has 0 aliphatic heterocycles. The van der Waals surface area contributed by atoms with Gasteiger partial charge in [-0.15, -0.1) is 0 Å². The van der Waals surface area contributed by atoms with Crippen molar-refractivity contribution in [3.05, 3.63) is 29.0 Å². The average Bonchev–Trinajstić information content (AvgIpc) is 2.61. The van der Waals surface area contributed by atoms with Crippen LogP contribution in [0.3, 0.4) is 0 Å².